The van der Waals surface area contributed by atoms with Crippen LogP contribution in [-0.2, 0) is 4.74 Å². The van der Waals surface area contributed by atoms with Gasteiger partial charge in [0, 0.05) is 32.7 Å². The van der Waals surface area contributed by atoms with Crippen LogP contribution in [0.15, 0.2) is 0 Å². The SMILES string of the molecule is CCCOCCNCCC[NH2+]CCN. The summed E-state index contributed by atoms with van der Waals surface area (Å²) < 4.78 is 5.34. The first kappa shape index (κ1) is 13.8. The van der Waals surface area contributed by atoms with Gasteiger partial charge in [-0.1, -0.05) is 6.92 Å². The Bertz CT molecular complexity index is 89.4. The van der Waals surface area contributed by atoms with E-state index in [0.29, 0.717) is 0 Å². The summed E-state index contributed by atoms with van der Waals surface area (Å²) in [5.74, 6) is 0. The first-order chi connectivity index (χ1) is 6.91. The van der Waals surface area contributed by atoms with Crippen molar-refractivity contribution in [3.8, 4) is 0 Å². The van der Waals surface area contributed by atoms with Crippen LogP contribution in [0.1, 0.15) is 19.8 Å². The van der Waals surface area contributed by atoms with Crippen molar-refractivity contribution < 1.29 is 10.1 Å². The van der Waals surface area contributed by atoms with Crippen molar-refractivity contribution in [3.05, 3.63) is 0 Å². The van der Waals surface area contributed by atoms with E-state index in [1.54, 1.807) is 0 Å². The highest BCUT2D eigenvalue weighted by Crippen LogP contribution is 1.78. The van der Waals surface area contributed by atoms with E-state index in [2.05, 4.69) is 17.6 Å². The topological polar surface area (TPSA) is 63.9 Å². The number of hydrogen-bond donors (Lipinski definition) is 3. The summed E-state index contributed by atoms with van der Waals surface area (Å²) in [6, 6.07) is 0. The van der Waals surface area contributed by atoms with Gasteiger partial charge in [-0.05, 0) is 6.42 Å². The van der Waals surface area contributed by atoms with Crippen molar-refractivity contribution in [1.29, 1.82) is 0 Å². The summed E-state index contributed by atoms with van der Waals surface area (Å²) >= 11 is 0. The van der Waals surface area contributed by atoms with Gasteiger partial charge in [0.05, 0.1) is 19.7 Å². The zero-order valence-corrected chi connectivity index (χ0v) is 9.43. The van der Waals surface area contributed by atoms with Gasteiger partial charge < -0.3 is 21.1 Å². The molecule has 0 atom stereocenters. The van der Waals surface area contributed by atoms with Gasteiger partial charge >= 0.3 is 0 Å². The number of nitrogens with two attached hydrogens (primary N) is 2. The number of quaternary nitrogens is 1. The smallest absolute Gasteiger partial charge is 0.0880 e. The van der Waals surface area contributed by atoms with Crippen LogP contribution in [0.2, 0.25) is 0 Å². The van der Waals surface area contributed by atoms with Gasteiger partial charge in [0.25, 0.3) is 0 Å². The number of hydrogen-bond acceptors (Lipinski definition) is 3. The van der Waals surface area contributed by atoms with Crippen LogP contribution in [0, 0.1) is 0 Å². The fraction of sp³-hybridized carbons (Fsp3) is 1.00. The largest absolute Gasteiger partial charge is 0.380 e. The third-order valence-electron chi connectivity index (χ3n) is 1.90. The zero-order valence-electron chi connectivity index (χ0n) is 9.43. The van der Waals surface area contributed by atoms with Gasteiger partial charge in [-0.15, -0.1) is 0 Å². The van der Waals surface area contributed by atoms with Crippen molar-refractivity contribution in [3.63, 3.8) is 0 Å². The molecule has 0 aromatic heterocycles. The Balaban J connectivity index is 2.78. The maximum atomic E-state index is 5.37. The summed E-state index contributed by atoms with van der Waals surface area (Å²) in [6.45, 7) is 8.87. The molecule has 5 N–H and O–H groups in total. The second-order valence-electron chi connectivity index (χ2n) is 3.37. The average Bonchev–Trinajstić information content (AvgIpc) is 2.21. The predicted octanol–water partition coefficient (Wildman–Crippen LogP) is -1.09. The Labute approximate surface area is 87.6 Å². The molecule has 0 saturated heterocycles. The molecular formula is C10H26N3O+. The van der Waals surface area contributed by atoms with Crippen molar-refractivity contribution in [2.24, 2.45) is 5.73 Å². The summed E-state index contributed by atoms with van der Waals surface area (Å²) in [4.78, 5) is 0. The van der Waals surface area contributed by atoms with Crippen LogP contribution >= 0.6 is 0 Å². The van der Waals surface area contributed by atoms with Gasteiger partial charge in [-0.3, -0.25) is 0 Å². The highest BCUT2D eigenvalue weighted by molar-refractivity contribution is 4.45. The van der Waals surface area contributed by atoms with E-state index in [9.17, 15) is 0 Å². The minimum Gasteiger partial charge on any atom is -0.380 e. The van der Waals surface area contributed by atoms with Gasteiger partial charge in [0.15, 0.2) is 0 Å². The third-order valence-corrected chi connectivity index (χ3v) is 1.90. The molecule has 0 rings (SSSR count). The molecular weight excluding hydrogens is 178 g/mol. The third kappa shape index (κ3) is 11.8. The Kier molecular flexibility index (Phi) is 12.7. The molecule has 0 fully saturated rings. The molecule has 0 aromatic carbocycles. The van der Waals surface area contributed by atoms with Crippen LogP contribution in [0.5, 0.6) is 0 Å². The van der Waals surface area contributed by atoms with Crippen LogP contribution in [-0.4, -0.2) is 45.9 Å². The van der Waals surface area contributed by atoms with Crippen LogP contribution in [0.4, 0.5) is 0 Å². The number of rotatable bonds is 11. The maximum Gasteiger partial charge on any atom is 0.0880 e. The highest BCUT2D eigenvalue weighted by atomic mass is 16.5. The normalized spacial score (nSPS) is 10.7. The van der Waals surface area contributed by atoms with Crippen LogP contribution in [0.25, 0.3) is 0 Å². The minimum atomic E-state index is 0.776. The molecule has 86 valence electrons. The highest BCUT2D eigenvalue weighted by Gasteiger charge is 1.90. The Morgan fingerprint density at radius 2 is 2.07 bits per heavy atom. The van der Waals surface area contributed by atoms with E-state index >= 15 is 0 Å². The summed E-state index contributed by atoms with van der Waals surface area (Å²) in [5, 5.41) is 5.60. The fourth-order valence-electron chi connectivity index (χ4n) is 1.15. The Morgan fingerprint density at radius 1 is 1.21 bits per heavy atom. The second kappa shape index (κ2) is 12.8. The first-order valence-corrected chi connectivity index (χ1v) is 5.72. The fourth-order valence-corrected chi connectivity index (χ4v) is 1.15. The molecule has 0 amide bonds. The number of nitrogens with one attached hydrogen (secondary N) is 1. The van der Waals surface area contributed by atoms with Gasteiger partial charge in [0.1, 0.15) is 0 Å². The van der Waals surface area contributed by atoms with E-state index in [4.69, 9.17) is 10.5 Å². The summed E-state index contributed by atoms with van der Waals surface area (Å²) in [6.07, 6.45) is 2.31. The van der Waals surface area contributed by atoms with E-state index in [1.807, 2.05) is 0 Å². The van der Waals surface area contributed by atoms with Crippen molar-refractivity contribution in [2.75, 3.05) is 45.9 Å². The average molecular weight is 204 g/mol. The van der Waals surface area contributed by atoms with E-state index < -0.39 is 0 Å². The molecule has 4 nitrogen and oxygen atoms in total. The molecule has 0 radical (unpaired) electrons. The lowest BCUT2D eigenvalue weighted by Crippen LogP contribution is -2.85. The second-order valence-corrected chi connectivity index (χ2v) is 3.37. The molecule has 0 aliphatic heterocycles. The van der Waals surface area contributed by atoms with Crippen LogP contribution < -0.4 is 16.4 Å². The van der Waals surface area contributed by atoms with Gasteiger partial charge in [-0.25, -0.2) is 0 Å². The molecule has 14 heavy (non-hydrogen) atoms. The van der Waals surface area contributed by atoms with Crippen molar-refractivity contribution in [2.45, 2.75) is 19.8 Å². The predicted molar refractivity (Wildman–Crippen MR) is 59.3 cm³/mol. The first-order valence-electron chi connectivity index (χ1n) is 5.72. The molecule has 0 aliphatic rings. The molecule has 4 heteroatoms. The molecule has 0 bridgehead atoms. The zero-order chi connectivity index (χ0) is 10.5. The lowest BCUT2D eigenvalue weighted by atomic mass is 10.4. The molecule has 0 saturated carbocycles. The lowest BCUT2D eigenvalue weighted by Gasteiger charge is -2.04. The molecule has 0 aliphatic carbocycles. The summed E-state index contributed by atoms with van der Waals surface area (Å²) in [7, 11) is 0. The standard InChI is InChI=1S/C10H25N3O/c1-2-9-14-10-8-13-6-3-5-12-7-4-11/h12-13H,2-11H2,1H3/p+1. The molecule has 0 spiro atoms. The van der Waals surface area contributed by atoms with Crippen molar-refractivity contribution in [1.82, 2.24) is 5.32 Å². The molecule has 0 heterocycles. The van der Waals surface area contributed by atoms with Crippen LogP contribution in [0.3, 0.4) is 0 Å². The van der Waals surface area contributed by atoms with Gasteiger partial charge in [0.2, 0.25) is 0 Å². The summed E-state index contributed by atoms with van der Waals surface area (Å²) in [5.41, 5.74) is 5.37. The molecule has 0 aromatic rings. The Morgan fingerprint density at radius 3 is 2.79 bits per heavy atom. The van der Waals surface area contributed by atoms with Gasteiger partial charge in [-0.2, -0.15) is 0 Å². The van der Waals surface area contributed by atoms with Crippen molar-refractivity contribution >= 4 is 0 Å². The lowest BCUT2D eigenvalue weighted by molar-refractivity contribution is -0.652. The monoisotopic (exact) mass is 204 g/mol. The quantitative estimate of drug-likeness (QED) is 0.375. The van der Waals surface area contributed by atoms with E-state index in [-0.39, 0.29) is 0 Å². The molecule has 0 unspecified atom stereocenters. The number of ether oxygens (including phenoxy) is 1. The Hall–Kier alpha value is -0.160. The maximum absolute atomic E-state index is 5.37. The minimum absolute atomic E-state index is 0.776. The van der Waals surface area contributed by atoms with E-state index in [1.165, 1.54) is 13.0 Å². The van der Waals surface area contributed by atoms with E-state index in [0.717, 1.165) is 45.8 Å².